The fourth-order valence-corrected chi connectivity index (χ4v) is 2.06. The number of rotatable bonds is 5. The van der Waals surface area contributed by atoms with Crippen LogP contribution in [0.4, 0.5) is 0 Å². The minimum atomic E-state index is 0.0501. The van der Waals surface area contributed by atoms with E-state index < -0.39 is 0 Å². The summed E-state index contributed by atoms with van der Waals surface area (Å²) in [6.07, 6.45) is 0.101. The molecule has 0 radical (unpaired) electrons. The SMILES string of the molecule is COCc1cc(CN2CCOC(C(C)N)C2)no1. The molecule has 1 aromatic heterocycles. The predicted molar refractivity (Wildman–Crippen MR) is 65.9 cm³/mol. The smallest absolute Gasteiger partial charge is 0.162 e. The van der Waals surface area contributed by atoms with Crippen molar-refractivity contribution in [2.24, 2.45) is 5.73 Å². The number of nitrogens with two attached hydrogens (primary N) is 1. The first-order valence-electron chi connectivity index (χ1n) is 6.22. The van der Waals surface area contributed by atoms with E-state index in [4.69, 9.17) is 19.7 Å². The lowest BCUT2D eigenvalue weighted by atomic mass is 10.1. The minimum Gasteiger partial charge on any atom is -0.377 e. The zero-order valence-electron chi connectivity index (χ0n) is 11.0. The van der Waals surface area contributed by atoms with Gasteiger partial charge in [0, 0.05) is 38.9 Å². The summed E-state index contributed by atoms with van der Waals surface area (Å²) >= 11 is 0. The molecular formula is C12H21N3O3. The molecule has 2 heterocycles. The van der Waals surface area contributed by atoms with Crippen molar-refractivity contribution in [1.29, 1.82) is 0 Å². The number of ether oxygens (including phenoxy) is 2. The fourth-order valence-electron chi connectivity index (χ4n) is 2.06. The van der Waals surface area contributed by atoms with E-state index in [1.165, 1.54) is 0 Å². The van der Waals surface area contributed by atoms with Crippen molar-refractivity contribution in [2.75, 3.05) is 26.8 Å². The van der Waals surface area contributed by atoms with Crippen LogP contribution in [0.2, 0.25) is 0 Å². The van der Waals surface area contributed by atoms with Crippen molar-refractivity contribution in [2.45, 2.75) is 32.2 Å². The highest BCUT2D eigenvalue weighted by molar-refractivity contribution is 5.04. The second kappa shape index (κ2) is 6.29. The lowest BCUT2D eigenvalue weighted by Crippen LogP contribution is -2.49. The first kappa shape index (κ1) is 13.5. The normalized spacial score (nSPS) is 23.2. The Kier molecular flexibility index (Phi) is 4.71. The van der Waals surface area contributed by atoms with Crippen LogP contribution in [0.25, 0.3) is 0 Å². The summed E-state index contributed by atoms with van der Waals surface area (Å²) < 4.78 is 15.8. The lowest BCUT2D eigenvalue weighted by Gasteiger charge is -2.34. The molecule has 0 aromatic carbocycles. The van der Waals surface area contributed by atoms with Crippen molar-refractivity contribution in [3.63, 3.8) is 0 Å². The molecule has 1 fully saturated rings. The van der Waals surface area contributed by atoms with E-state index in [0.717, 1.165) is 37.7 Å². The van der Waals surface area contributed by atoms with Crippen molar-refractivity contribution >= 4 is 0 Å². The number of methoxy groups -OCH3 is 1. The van der Waals surface area contributed by atoms with Crippen molar-refractivity contribution in [3.05, 3.63) is 17.5 Å². The fraction of sp³-hybridized carbons (Fsp3) is 0.750. The van der Waals surface area contributed by atoms with Gasteiger partial charge in [-0.25, -0.2) is 0 Å². The molecule has 0 aliphatic carbocycles. The zero-order valence-corrected chi connectivity index (χ0v) is 11.0. The molecule has 1 aliphatic heterocycles. The Morgan fingerprint density at radius 1 is 1.67 bits per heavy atom. The highest BCUT2D eigenvalue weighted by Crippen LogP contribution is 2.12. The van der Waals surface area contributed by atoms with Crippen LogP contribution in [0.3, 0.4) is 0 Å². The minimum absolute atomic E-state index is 0.0501. The van der Waals surface area contributed by atoms with Gasteiger partial charge in [-0.15, -0.1) is 0 Å². The van der Waals surface area contributed by atoms with Gasteiger partial charge in [-0.1, -0.05) is 5.16 Å². The van der Waals surface area contributed by atoms with Crippen LogP contribution >= 0.6 is 0 Å². The number of nitrogens with zero attached hydrogens (tertiary/aromatic N) is 2. The Morgan fingerprint density at radius 2 is 2.50 bits per heavy atom. The third kappa shape index (κ3) is 3.52. The highest BCUT2D eigenvalue weighted by atomic mass is 16.5. The maximum atomic E-state index is 5.86. The molecule has 0 amide bonds. The van der Waals surface area contributed by atoms with E-state index in [1.807, 2.05) is 13.0 Å². The summed E-state index contributed by atoms with van der Waals surface area (Å²) in [5.74, 6) is 0.754. The van der Waals surface area contributed by atoms with Crippen LogP contribution in [0.15, 0.2) is 10.6 Å². The molecule has 2 N–H and O–H groups in total. The van der Waals surface area contributed by atoms with Crippen LogP contribution in [-0.4, -0.2) is 49.0 Å². The monoisotopic (exact) mass is 255 g/mol. The van der Waals surface area contributed by atoms with E-state index >= 15 is 0 Å². The lowest BCUT2D eigenvalue weighted by molar-refractivity contribution is -0.0408. The Bertz CT molecular complexity index is 367. The largest absolute Gasteiger partial charge is 0.377 e. The second-order valence-corrected chi connectivity index (χ2v) is 4.72. The van der Waals surface area contributed by atoms with Crippen LogP contribution in [-0.2, 0) is 22.6 Å². The standard InChI is InChI=1S/C12H21N3O3/c1-9(13)12-7-15(3-4-17-12)6-10-5-11(8-16-2)18-14-10/h5,9,12H,3-4,6-8,13H2,1-2H3. The number of aromatic nitrogens is 1. The number of hydrogen-bond donors (Lipinski definition) is 1. The van der Waals surface area contributed by atoms with Gasteiger partial charge < -0.3 is 19.7 Å². The molecule has 102 valence electrons. The number of morpholine rings is 1. The molecular weight excluding hydrogens is 234 g/mol. The first-order chi connectivity index (χ1) is 8.69. The summed E-state index contributed by atoms with van der Waals surface area (Å²) in [5.41, 5.74) is 6.79. The van der Waals surface area contributed by atoms with E-state index in [2.05, 4.69) is 10.1 Å². The maximum Gasteiger partial charge on any atom is 0.162 e. The Hall–Kier alpha value is -0.950. The molecule has 2 rings (SSSR count). The van der Waals surface area contributed by atoms with Crippen LogP contribution in [0, 0.1) is 0 Å². The van der Waals surface area contributed by atoms with Gasteiger partial charge in [0.25, 0.3) is 0 Å². The average molecular weight is 255 g/mol. The van der Waals surface area contributed by atoms with Crippen LogP contribution < -0.4 is 5.73 Å². The molecule has 0 saturated carbocycles. The van der Waals surface area contributed by atoms with Crippen molar-refractivity contribution in [1.82, 2.24) is 10.1 Å². The quantitative estimate of drug-likeness (QED) is 0.819. The highest BCUT2D eigenvalue weighted by Gasteiger charge is 2.24. The maximum absolute atomic E-state index is 5.86. The molecule has 18 heavy (non-hydrogen) atoms. The van der Waals surface area contributed by atoms with Gasteiger partial charge in [0.15, 0.2) is 5.76 Å². The van der Waals surface area contributed by atoms with Gasteiger partial charge in [-0.05, 0) is 6.92 Å². The summed E-state index contributed by atoms with van der Waals surface area (Å²) in [6, 6.07) is 1.98. The second-order valence-electron chi connectivity index (χ2n) is 4.72. The third-order valence-corrected chi connectivity index (χ3v) is 3.04. The van der Waals surface area contributed by atoms with Gasteiger partial charge in [-0.3, -0.25) is 4.90 Å². The Balaban J connectivity index is 1.87. The molecule has 0 bridgehead atoms. The van der Waals surface area contributed by atoms with Crippen molar-refractivity contribution in [3.8, 4) is 0 Å². The Morgan fingerprint density at radius 3 is 3.22 bits per heavy atom. The molecule has 2 unspecified atom stereocenters. The molecule has 6 heteroatoms. The average Bonchev–Trinajstić information content (AvgIpc) is 2.77. The van der Waals surface area contributed by atoms with Gasteiger partial charge in [0.1, 0.15) is 6.61 Å². The molecule has 1 saturated heterocycles. The topological polar surface area (TPSA) is 73.8 Å². The summed E-state index contributed by atoms with van der Waals surface area (Å²) in [6.45, 7) is 5.65. The third-order valence-electron chi connectivity index (χ3n) is 3.04. The zero-order chi connectivity index (χ0) is 13.0. The summed E-state index contributed by atoms with van der Waals surface area (Å²) in [5, 5.41) is 4.03. The molecule has 6 nitrogen and oxygen atoms in total. The van der Waals surface area contributed by atoms with E-state index in [9.17, 15) is 0 Å². The van der Waals surface area contributed by atoms with Gasteiger partial charge in [0.2, 0.25) is 0 Å². The number of hydrogen-bond acceptors (Lipinski definition) is 6. The molecule has 0 spiro atoms. The van der Waals surface area contributed by atoms with Gasteiger partial charge in [-0.2, -0.15) is 0 Å². The van der Waals surface area contributed by atoms with Crippen LogP contribution in [0.5, 0.6) is 0 Å². The Labute approximate surface area is 107 Å². The van der Waals surface area contributed by atoms with E-state index in [-0.39, 0.29) is 12.1 Å². The molecule has 2 atom stereocenters. The van der Waals surface area contributed by atoms with E-state index in [1.54, 1.807) is 7.11 Å². The molecule has 1 aromatic rings. The predicted octanol–water partition coefficient (Wildman–Crippen LogP) is 0.369. The first-order valence-corrected chi connectivity index (χ1v) is 6.22. The summed E-state index contributed by atoms with van der Waals surface area (Å²) in [4.78, 5) is 2.28. The summed E-state index contributed by atoms with van der Waals surface area (Å²) in [7, 11) is 1.64. The van der Waals surface area contributed by atoms with Gasteiger partial charge in [0.05, 0.1) is 18.4 Å². The van der Waals surface area contributed by atoms with Crippen LogP contribution in [0.1, 0.15) is 18.4 Å². The van der Waals surface area contributed by atoms with Crippen molar-refractivity contribution < 1.29 is 14.0 Å². The van der Waals surface area contributed by atoms with Gasteiger partial charge >= 0.3 is 0 Å². The van der Waals surface area contributed by atoms with E-state index in [0.29, 0.717) is 6.61 Å². The molecule has 1 aliphatic rings.